The van der Waals surface area contributed by atoms with Crippen LogP contribution >= 0.6 is 15.9 Å². The minimum Gasteiger partial charge on any atom is -0.497 e. The van der Waals surface area contributed by atoms with Crippen molar-refractivity contribution in [2.75, 3.05) is 30.8 Å². The number of carbonyl (C=O) groups is 2. The van der Waals surface area contributed by atoms with Gasteiger partial charge in [0.15, 0.2) is 0 Å². The molecule has 0 fully saturated rings. The molecular weight excluding hydrogens is 570 g/mol. The van der Waals surface area contributed by atoms with Crippen LogP contribution < -0.4 is 14.4 Å². The van der Waals surface area contributed by atoms with Gasteiger partial charge in [0, 0.05) is 30.0 Å². The molecular formula is C28H32BrN3O5S. The first-order valence-electron chi connectivity index (χ1n) is 12.1. The van der Waals surface area contributed by atoms with Crippen molar-refractivity contribution in [1.29, 1.82) is 0 Å². The quantitative estimate of drug-likeness (QED) is 0.338. The Labute approximate surface area is 232 Å². The minimum absolute atomic E-state index is 0.114. The molecule has 0 aliphatic heterocycles. The lowest BCUT2D eigenvalue weighted by Crippen LogP contribution is -2.53. The molecule has 0 radical (unpaired) electrons. The first-order valence-corrected chi connectivity index (χ1v) is 14.7. The molecule has 202 valence electrons. The van der Waals surface area contributed by atoms with Crippen molar-refractivity contribution in [3.8, 4) is 5.75 Å². The van der Waals surface area contributed by atoms with Crippen molar-refractivity contribution in [3.05, 3.63) is 94.5 Å². The Kier molecular flexibility index (Phi) is 10.3. The van der Waals surface area contributed by atoms with Gasteiger partial charge in [0.25, 0.3) is 0 Å². The lowest BCUT2D eigenvalue weighted by Gasteiger charge is -2.33. The van der Waals surface area contributed by atoms with Crippen molar-refractivity contribution in [1.82, 2.24) is 10.2 Å². The lowest BCUT2D eigenvalue weighted by atomic mass is 10.0. The molecule has 0 saturated carbocycles. The molecule has 1 N–H and O–H groups in total. The Morgan fingerprint density at radius 3 is 2.29 bits per heavy atom. The third kappa shape index (κ3) is 8.06. The average Bonchev–Trinajstić information content (AvgIpc) is 2.89. The normalized spacial score (nSPS) is 11.9. The zero-order valence-electron chi connectivity index (χ0n) is 21.6. The predicted molar refractivity (Wildman–Crippen MR) is 152 cm³/mol. The predicted octanol–water partition coefficient (Wildman–Crippen LogP) is 4.00. The number of sulfonamides is 1. The van der Waals surface area contributed by atoms with Crippen LogP contribution in [0.5, 0.6) is 5.75 Å². The van der Waals surface area contributed by atoms with Gasteiger partial charge in [-0.2, -0.15) is 0 Å². The van der Waals surface area contributed by atoms with Crippen LogP contribution in [0.4, 0.5) is 5.69 Å². The summed E-state index contributed by atoms with van der Waals surface area (Å²) in [5, 5.41) is 2.84. The van der Waals surface area contributed by atoms with Gasteiger partial charge in [-0.15, -0.1) is 0 Å². The summed E-state index contributed by atoms with van der Waals surface area (Å²) in [7, 11) is -2.36. The summed E-state index contributed by atoms with van der Waals surface area (Å²) < 4.78 is 32.7. The van der Waals surface area contributed by atoms with Crippen LogP contribution in [0.15, 0.2) is 83.3 Å². The summed E-state index contributed by atoms with van der Waals surface area (Å²) in [5.74, 6) is -0.365. The van der Waals surface area contributed by atoms with Gasteiger partial charge in [0.1, 0.15) is 18.3 Å². The Bertz CT molecular complexity index is 1350. The van der Waals surface area contributed by atoms with Gasteiger partial charge in [-0.05, 0) is 42.3 Å². The zero-order valence-corrected chi connectivity index (χ0v) is 24.0. The number of methoxy groups -OCH3 is 1. The van der Waals surface area contributed by atoms with Crippen molar-refractivity contribution in [3.63, 3.8) is 0 Å². The fraction of sp³-hybridized carbons (Fsp3) is 0.286. The number of benzene rings is 3. The maximum atomic E-state index is 14.0. The van der Waals surface area contributed by atoms with Gasteiger partial charge < -0.3 is 15.0 Å². The second-order valence-electron chi connectivity index (χ2n) is 8.72. The number of carbonyl (C=O) groups excluding carboxylic acids is 2. The Morgan fingerprint density at radius 1 is 0.974 bits per heavy atom. The molecule has 3 rings (SSSR count). The molecule has 38 heavy (non-hydrogen) atoms. The van der Waals surface area contributed by atoms with Gasteiger partial charge in [-0.25, -0.2) is 8.42 Å². The fourth-order valence-electron chi connectivity index (χ4n) is 4.06. The number of rotatable bonds is 12. The molecule has 3 aromatic rings. The molecule has 1 atom stereocenters. The van der Waals surface area contributed by atoms with Crippen molar-refractivity contribution in [2.45, 2.75) is 25.9 Å². The maximum absolute atomic E-state index is 14.0. The highest BCUT2D eigenvalue weighted by molar-refractivity contribution is 9.10. The van der Waals surface area contributed by atoms with Crippen LogP contribution in [-0.4, -0.2) is 57.6 Å². The number of hydrogen-bond acceptors (Lipinski definition) is 5. The highest BCUT2D eigenvalue weighted by Crippen LogP contribution is 2.24. The first kappa shape index (κ1) is 29.2. The van der Waals surface area contributed by atoms with E-state index < -0.39 is 28.5 Å². The highest BCUT2D eigenvalue weighted by atomic mass is 79.9. The molecule has 8 nitrogen and oxygen atoms in total. The van der Waals surface area contributed by atoms with E-state index in [-0.39, 0.29) is 18.9 Å². The third-order valence-corrected chi connectivity index (χ3v) is 7.52. The van der Waals surface area contributed by atoms with Gasteiger partial charge in [0.05, 0.1) is 19.1 Å². The number of ether oxygens (including phenoxy) is 1. The van der Waals surface area contributed by atoms with Crippen LogP contribution in [0.1, 0.15) is 18.1 Å². The second-order valence-corrected chi connectivity index (χ2v) is 11.5. The Hall–Kier alpha value is -3.37. The van der Waals surface area contributed by atoms with Gasteiger partial charge >= 0.3 is 0 Å². The molecule has 0 saturated heterocycles. The number of nitrogens with zero attached hydrogens (tertiary/aromatic N) is 2. The van der Waals surface area contributed by atoms with Crippen molar-refractivity contribution >= 4 is 43.5 Å². The van der Waals surface area contributed by atoms with E-state index in [4.69, 9.17) is 4.74 Å². The number of amides is 2. The monoisotopic (exact) mass is 601 g/mol. The summed E-state index contributed by atoms with van der Waals surface area (Å²) in [6.07, 6.45) is 1.31. The molecule has 0 aromatic heterocycles. The number of halogens is 1. The molecule has 0 unspecified atom stereocenters. The minimum atomic E-state index is -3.84. The third-order valence-electron chi connectivity index (χ3n) is 5.88. The fourth-order valence-corrected chi connectivity index (χ4v) is 5.35. The van der Waals surface area contributed by atoms with E-state index in [1.54, 1.807) is 24.3 Å². The molecule has 10 heteroatoms. The Morgan fingerprint density at radius 2 is 1.66 bits per heavy atom. The zero-order chi connectivity index (χ0) is 27.7. The molecule has 0 aliphatic carbocycles. The Balaban J connectivity index is 2.04. The summed E-state index contributed by atoms with van der Waals surface area (Å²) in [4.78, 5) is 28.7. The first-order chi connectivity index (χ1) is 18.1. The second kappa shape index (κ2) is 13.4. The van der Waals surface area contributed by atoms with Gasteiger partial charge in [0.2, 0.25) is 21.8 Å². The van der Waals surface area contributed by atoms with Crippen LogP contribution in [0.25, 0.3) is 0 Å². The highest BCUT2D eigenvalue weighted by Gasteiger charge is 2.33. The molecule has 0 aliphatic rings. The SMILES string of the molecule is CCNC(=O)[C@H](Cc1ccccc1)N(Cc1cccc(Br)c1)C(=O)CN(c1cccc(OC)c1)S(C)(=O)=O. The van der Waals surface area contributed by atoms with E-state index in [1.807, 2.05) is 61.5 Å². The van der Waals surface area contributed by atoms with Crippen LogP contribution in [0, 0.1) is 0 Å². The van der Waals surface area contributed by atoms with Crippen LogP contribution in [0.2, 0.25) is 0 Å². The number of hydrogen-bond donors (Lipinski definition) is 1. The van der Waals surface area contributed by atoms with Crippen LogP contribution in [-0.2, 0) is 32.6 Å². The largest absolute Gasteiger partial charge is 0.497 e. The summed E-state index contributed by atoms with van der Waals surface area (Å²) in [5.41, 5.74) is 1.96. The summed E-state index contributed by atoms with van der Waals surface area (Å²) >= 11 is 3.46. The average molecular weight is 603 g/mol. The molecule has 0 spiro atoms. The van der Waals surface area contributed by atoms with Gasteiger partial charge in [-0.1, -0.05) is 64.5 Å². The number of likely N-dealkylation sites (N-methyl/N-ethyl adjacent to an activating group) is 1. The van der Waals surface area contributed by atoms with E-state index in [1.165, 1.54) is 12.0 Å². The standard InChI is InChI=1S/C28H32BrN3O5S/c1-4-30-28(34)26(17-21-10-6-5-7-11-21)31(19-22-12-8-13-23(29)16-22)27(33)20-32(38(3,35)36)24-14-9-15-25(18-24)37-2/h5-16,18,26H,4,17,19-20H2,1-3H3,(H,30,34)/t26-/m0/s1. The van der Waals surface area contributed by atoms with Gasteiger partial charge in [-0.3, -0.25) is 13.9 Å². The molecule has 0 bridgehead atoms. The molecule has 3 aromatic carbocycles. The van der Waals surface area contributed by atoms with E-state index >= 15 is 0 Å². The smallest absolute Gasteiger partial charge is 0.244 e. The summed E-state index contributed by atoms with van der Waals surface area (Å²) in [6.45, 7) is 1.84. The van der Waals surface area contributed by atoms with E-state index in [9.17, 15) is 18.0 Å². The number of anilines is 1. The lowest BCUT2D eigenvalue weighted by molar-refractivity contribution is -0.140. The van der Waals surface area contributed by atoms with E-state index in [0.29, 0.717) is 18.0 Å². The summed E-state index contributed by atoms with van der Waals surface area (Å²) in [6, 6.07) is 22.5. The van der Waals surface area contributed by atoms with Crippen molar-refractivity contribution < 1.29 is 22.7 Å². The molecule has 2 amide bonds. The molecule has 0 heterocycles. The maximum Gasteiger partial charge on any atom is 0.244 e. The van der Waals surface area contributed by atoms with E-state index in [0.717, 1.165) is 26.2 Å². The number of nitrogens with one attached hydrogen (secondary N) is 1. The van der Waals surface area contributed by atoms with Crippen molar-refractivity contribution in [2.24, 2.45) is 0 Å². The van der Waals surface area contributed by atoms with Crippen LogP contribution in [0.3, 0.4) is 0 Å². The topological polar surface area (TPSA) is 96.0 Å². The van der Waals surface area contributed by atoms with E-state index in [2.05, 4.69) is 21.2 Å².